The largest absolute Gasteiger partial charge is 0.487 e. The van der Waals surface area contributed by atoms with Gasteiger partial charge in [-0.05, 0) is 35.8 Å². The molecule has 30 heavy (non-hydrogen) atoms. The highest BCUT2D eigenvalue weighted by Gasteiger charge is 2.58. The lowest BCUT2D eigenvalue weighted by molar-refractivity contribution is -0.132. The molecule has 2 aromatic rings. The van der Waals surface area contributed by atoms with Gasteiger partial charge in [-0.3, -0.25) is 9.59 Å². The highest BCUT2D eigenvalue weighted by Crippen LogP contribution is 2.44. The molecular weight excluding hydrogens is 400 g/mol. The molecule has 154 valence electrons. The fourth-order valence-electron chi connectivity index (χ4n) is 4.07. The van der Waals surface area contributed by atoms with Crippen molar-refractivity contribution in [1.29, 1.82) is 0 Å². The van der Waals surface area contributed by atoms with Gasteiger partial charge in [-0.25, -0.2) is 0 Å². The van der Waals surface area contributed by atoms with E-state index in [-0.39, 0.29) is 11.8 Å². The van der Waals surface area contributed by atoms with Crippen LogP contribution in [0.1, 0.15) is 16.7 Å². The lowest BCUT2D eigenvalue weighted by Gasteiger charge is -2.24. The molecule has 2 unspecified atom stereocenters. The molecule has 2 aliphatic rings. The van der Waals surface area contributed by atoms with E-state index >= 15 is 0 Å². The van der Waals surface area contributed by atoms with E-state index in [1.165, 1.54) is 6.26 Å². The molecule has 2 aromatic carbocycles. The Morgan fingerprint density at radius 1 is 1.27 bits per heavy atom. The summed E-state index contributed by atoms with van der Waals surface area (Å²) in [4.78, 5) is 27.8. The van der Waals surface area contributed by atoms with E-state index in [9.17, 15) is 9.59 Å². The molecule has 1 saturated heterocycles. The minimum atomic E-state index is -0.937. The van der Waals surface area contributed by atoms with Gasteiger partial charge in [-0.15, -0.1) is 0 Å². The minimum Gasteiger partial charge on any atom is -0.487 e. The lowest BCUT2D eigenvalue weighted by Crippen LogP contribution is -2.38. The molecule has 2 aliphatic heterocycles. The van der Waals surface area contributed by atoms with Gasteiger partial charge >= 0.3 is 0 Å². The Morgan fingerprint density at radius 3 is 2.67 bits per heavy atom. The predicted octanol–water partition coefficient (Wildman–Crippen LogP) is 3.76. The van der Waals surface area contributed by atoms with Crippen LogP contribution in [0.5, 0.6) is 0 Å². The van der Waals surface area contributed by atoms with Gasteiger partial charge in [0.15, 0.2) is 5.60 Å². The monoisotopic (exact) mass is 422 g/mol. The summed E-state index contributed by atoms with van der Waals surface area (Å²) in [5.41, 5.74) is 2.36. The Morgan fingerprint density at radius 2 is 1.97 bits per heavy atom. The van der Waals surface area contributed by atoms with Gasteiger partial charge in [-0.1, -0.05) is 60.6 Å². The number of fused-ring (bicyclic) bond motifs is 1. The number of aryl methyl sites for hydroxylation is 1. The lowest BCUT2D eigenvalue weighted by atomic mass is 9.86. The van der Waals surface area contributed by atoms with E-state index in [0.29, 0.717) is 30.2 Å². The van der Waals surface area contributed by atoms with Gasteiger partial charge in [0.05, 0.1) is 18.4 Å². The molecule has 6 heteroatoms. The van der Waals surface area contributed by atoms with Crippen molar-refractivity contribution in [1.82, 2.24) is 10.2 Å². The Labute approximate surface area is 181 Å². The summed E-state index contributed by atoms with van der Waals surface area (Å²) >= 11 is 6.27. The van der Waals surface area contributed by atoms with Crippen LogP contribution in [0.4, 0.5) is 0 Å². The van der Waals surface area contributed by atoms with Gasteiger partial charge in [-0.2, -0.15) is 0 Å². The molecule has 1 fully saturated rings. The number of carbonyl (C=O) groups excluding carboxylic acids is 2. The van der Waals surface area contributed by atoms with Crippen molar-refractivity contribution in [3.63, 3.8) is 0 Å². The Balaban J connectivity index is 1.51. The van der Waals surface area contributed by atoms with Crippen molar-refractivity contribution in [3.8, 4) is 0 Å². The highest BCUT2D eigenvalue weighted by molar-refractivity contribution is 6.31. The Kier molecular flexibility index (Phi) is 5.39. The quantitative estimate of drug-likeness (QED) is 0.721. The molecule has 0 aromatic heterocycles. The number of hydrogen-bond acceptors (Lipinski definition) is 3. The summed E-state index contributed by atoms with van der Waals surface area (Å²) in [7, 11) is 0. The first-order valence-electron chi connectivity index (χ1n) is 9.81. The number of carbonyl (C=O) groups is 2. The van der Waals surface area contributed by atoms with Gasteiger partial charge in [0.25, 0.3) is 5.91 Å². The average Bonchev–Trinajstić information content (AvgIpc) is 3.25. The molecule has 2 atom stereocenters. The molecule has 0 saturated carbocycles. The van der Waals surface area contributed by atoms with Crippen molar-refractivity contribution in [2.75, 3.05) is 6.54 Å². The van der Waals surface area contributed by atoms with Crippen LogP contribution >= 0.6 is 11.6 Å². The third kappa shape index (κ3) is 3.50. The molecular formula is C24H23ClN2O3. The summed E-state index contributed by atoms with van der Waals surface area (Å²) in [6.45, 7) is 6.92. The second-order valence-corrected chi connectivity index (χ2v) is 8.09. The average molecular weight is 423 g/mol. The molecule has 1 N–H and O–H groups in total. The number of rotatable bonds is 6. The summed E-state index contributed by atoms with van der Waals surface area (Å²) in [6.07, 6.45) is 3.03. The highest BCUT2D eigenvalue weighted by atomic mass is 35.5. The van der Waals surface area contributed by atoms with Crippen LogP contribution < -0.4 is 5.32 Å². The minimum absolute atomic E-state index is 0.162. The number of benzene rings is 2. The van der Waals surface area contributed by atoms with E-state index in [0.717, 1.165) is 16.7 Å². The Hall–Kier alpha value is -3.05. The van der Waals surface area contributed by atoms with E-state index in [1.807, 2.05) is 49.4 Å². The molecule has 2 heterocycles. The molecule has 0 spiro atoms. The zero-order valence-corrected chi connectivity index (χ0v) is 17.5. The number of ether oxygens (including phenoxy) is 1. The summed E-state index contributed by atoms with van der Waals surface area (Å²) in [6, 6.07) is 15.3. The molecule has 5 nitrogen and oxygen atoms in total. The Bertz CT molecular complexity index is 1050. The van der Waals surface area contributed by atoms with Crippen LogP contribution in [-0.2, 0) is 27.4 Å². The standard InChI is InChI=1S/C24H23ClN2O3/c1-3-24-15-27(13-18-10-6-7-11-20(18)25)23(29)21(24)19(14-30-24)22(28)26-12-17-9-5-4-8-16(17)2/h3-11,14,21H,1,12-13,15H2,2H3,(H,26,28). The third-order valence-electron chi connectivity index (χ3n) is 5.83. The summed E-state index contributed by atoms with van der Waals surface area (Å²) in [5.74, 6) is -1.18. The van der Waals surface area contributed by atoms with E-state index in [2.05, 4.69) is 11.9 Å². The van der Waals surface area contributed by atoms with Gasteiger partial charge < -0.3 is 15.0 Å². The van der Waals surface area contributed by atoms with Crippen molar-refractivity contribution in [2.24, 2.45) is 5.92 Å². The maximum absolute atomic E-state index is 13.2. The van der Waals surface area contributed by atoms with Crippen LogP contribution in [0.2, 0.25) is 5.02 Å². The number of nitrogens with zero attached hydrogens (tertiary/aromatic N) is 1. The smallest absolute Gasteiger partial charge is 0.251 e. The van der Waals surface area contributed by atoms with Crippen LogP contribution in [0, 0.1) is 12.8 Å². The van der Waals surface area contributed by atoms with Crippen molar-refractivity contribution < 1.29 is 14.3 Å². The van der Waals surface area contributed by atoms with E-state index < -0.39 is 11.5 Å². The first-order chi connectivity index (χ1) is 14.4. The first kappa shape index (κ1) is 20.2. The maximum Gasteiger partial charge on any atom is 0.251 e. The third-order valence-corrected chi connectivity index (χ3v) is 6.20. The fourth-order valence-corrected chi connectivity index (χ4v) is 4.26. The molecule has 0 aliphatic carbocycles. The number of nitrogens with one attached hydrogen (secondary N) is 1. The number of halogens is 1. The number of amides is 2. The van der Waals surface area contributed by atoms with Crippen molar-refractivity contribution in [3.05, 3.63) is 94.7 Å². The summed E-state index contributed by atoms with van der Waals surface area (Å²) < 4.78 is 5.86. The molecule has 0 bridgehead atoms. The normalized spacial score (nSPS) is 22.3. The van der Waals surface area contributed by atoms with Crippen LogP contribution in [0.15, 0.2) is 73.0 Å². The second-order valence-electron chi connectivity index (χ2n) is 7.68. The van der Waals surface area contributed by atoms with Crippen molar-refractivity contribution >= 4 is 23.4 Å². The second kappa shape index (κ2) is 8.00. The van der Waals surface area contributed by atoms with Gasteiger partial charge in [0.1, 0.15) is 5.92 Å². The maximum atomic E-state index is 13.2. The molecule has 4 rings (SSSR count). The molecule has 0 radical (unpaired) electrons. The zero-order valence-electron chi connectivity index (χ0n) is 16.7. The first-order valence-corrected chi connectivity index (χ1v) is 10.2. The van der Waals surface area contributed by atoms with E-state index in [4.69, 9.17) is 16.3 Å². The number of hydrogen-bond donors (Lipinski definition) is 1. The van der Waals surface area contributed by atoms with Crippen molar-refractivity contribution in [2.45, 2.75) is 25.6 Å². The van der Waals surface area contributed by atoms with Gasteiger partial charge in [0.2, 0.25) is 5.91 Å². The van der Waals surface area contributed by atoms with Crippen LogP contribution in [0.3, 0.4) is 0 Å². The topological polar surface area (TPSA) is 58.6 Å². The van der Waals surface area contributed by atoms with Crippen LogP contribution in [-0.4, -0.2) is 28.9 Å². The predicted molar refractivity (Wildman–Crippen MR) is 115 cm³/mol. The number of likely N-dealkylation sites (tertiary alicyclic amines) is 1. The summed E-state index contributed by atoms with van der Waals surface area (Å²) in [5, 5.41) is 3.52. The SMILES string of the molecule is C=CC12CN(Cc3ccccc3Cl)C(=O)C1C(C(=O)NCc1ccccc1C)=CO2. The zero-order chi connectivity index (χ0) is 21.3. The molecule has 2 amide bonds. The fraction of sp³-hybridized carbons (Fsp3) is 0.250. The van der Waals surface area contributed by atoms with Gasteiger partial charge in [0, 0.05) is 18.1 Å². The van der Waals surface area contributed by atoms with Crippen LogP contribution in [0.25, 0.3) is 0 Å². The van der Waals surface area contributed by atoms with E-state index in [1.54, 1.807) is 17.0 Å².